The second-order valence-corrected chi connectivity index (χ2v) is 3.81. The average molecular weight is 281 g/mol. The maximum absolute atomic E-state index is 11.5. The molecule has 1 aromatic rings. The van der Waals surface area contributed by atoms with Crippen molar-refractivity contribution in [2.45, 2.75) is 25.4 Å². The van der Waals surface area contributed by atoms with E-state index in [1.807, 2.05) is 10.8 Å². The van der Waals surface area contributed by atoms with E-state index in [0.29, 0.717) is 19.0 Å². The van der Waals surface area contributed by atoms with Gasteiger partial charge in [0.25, 0.3) is 0 Å². The van der Waals surface area contributed by atoms with Crippen LogP contribution in [-0.2, 0) is 11.3 Å². The Kier molecular flexibility index (Phi) is 7.95. The molecule has 1 fully saturated rings. The van der Waals surface area contributed by atoms with Crippen molar-refractivity contribution in [2.75, 3.05) is 13.1 Å². The molecule has 1 aromatic heterocycles. The monoisotopic (exact) mass is 280 g/mol. The number of imidazole rings is 1. The smallest absolute Gasteiger partial charge is 0.222 e. The van der Waals surface area contributed by atoms with Crippen LogP contribution < -0.4 is 10.6 Å². The van der Waals surface area contributed by atoms with Gasteiger partial charge in [-0.25, -0.2) is 4.98 Å². The van der Waals surface area contributed by atoms with Gasteiger partial charge in [0, 0.05) is 37.9 Å². The standard InChI is InChI=1S/C10H16N4O.2ClH/c15-10(13-9-1-3-11-7-9)2-5-14-6-4-12-8-14;;/h4,6,8-9,11H,1-3,5,7H2,(H,13,15);2*1H. The molecule has 17 heavy (non-hydrogen) atoms. The van der Waals surface area contributed by atoms with E-state index in [-0.39, 0.29) is 30.7 Å². The minimum atomic E-state index is 0. The van der Waals surface area contributed by atoms with Crippen LogP contribution in [0.15, 0.2) is 18.7 Å². The summed E-state index contributed by atoms with van der Waals surface area (Å²) in [6.45, 7) is 2.61. The molecule has 0 radical (unpaired) electrons. The lowest BCUT2D eigenvalue weighted by molar-refractivity contribution is -0.121. The Labute approximate surface area is 113 Å². The molecule has 0 aliphatic carbocycles. The van der Waals surface area contributed by atoms with E-state index >= 15 is 0 Å². The lowest BCUT2D eigenvalue weighted by atomic mass is 10.2. The van der Waals surface area contributed by atoms with Gasteiger partial charge in [-0.05, 0) is 13.0 Å². The summed E-state index contributed by atoms with van der Waals surface area (Å²) in [4.78, 5) is 15.4. The van der Waals surface area contributed by atoms with Gasteiger partial charge >= 0.3 is 0 Å². The van der Waals surface area contributed by atoms with Gasteiger partial charge in [0.15, 0.2) is 0 Å². The van der Waals surface area contributed by atoms with Crippen LogP contribution >= 0.6 is 24.8 Å². The van der Waals surface area contributed by atoms with Crippen molar-refractivity contribution in [3.8, 4) is 0 Å². The van der Waals surface area contributed by atoms with Gasteiger partial charge in [0.05, 0.1) is 6.33 Å². The Balaban J connectivity index is 0.00000128. The van der Waals surface area contributed by atoms with Gasteiger partial charge in [0.2, 0.25) is 5.91 Å². The molecule has 1 atom stereocenters. The molecule has 1 aliphatic rings. The number of hydrogen-bond donors (Lipinski definition) is 2. The van der Waals surface area contributed by atoms with Crippen LogP contribution in [-0.4, -0.2) is 34.6 Å². The molecule has 2 N–H and O–H groups in total. The predicted molar refractivity (Wildman–Crippen MR) is 70.8 cm³/mol. The number of aryl methyl sites for hydroxylation is 1. The first kappa shape index (κ1) is 16.2. The Morgan fingerprint density at radius 2 is 2.35 bits per heavy atom. The molecule has 1 aliphatic heterocycles. The zero-order valence-corrected chi connectivity index (χ0v) is 11.1. The van der Waals surface area contributed by atoms with Crippen molar-refractivity contribution in [3.05, 3.63) is 18.7 Å². The Hall–Kier alpha value is -0.780. The third-order valence-corrected chi connectivity index (χ3v) is 2.58. The quantitative estimate of drug-likeness (QED) is 0.849. The summed E-state index contributed by atoms with van der Waals surface area (Å²) in [6, 6.07) is 0.320. The molecule has 0 spiro atoms. The molecule has 2 heterocycles. The minimum Gasteiger partial charge on any atom is -0.352 e. The summed E-state index contributed by atoms with van der Waals surface area (Å²) in [5.74, 6) is 0.123. The summed E-state index contributed by atoms with van der Waals surface area (Å²) in [5, 5.41) is 6.22. The van der Waals surface area contributed by atoms with Crippen LogP contribution in [0, 0.1) is 0 Å². The predicted octanol–water partition coefficient (Wildman–Crippen LogP) is 0.595. The van der Waals surface area contributed by atoms with Gasteiger partial charge < -0.3 is 15.2 Å². The molecular weight excluding hydrogens is 263 g/mol. The fourth-order valence-corrected chi connectivity index (χ4v) is 1.73. The number of halogens is 2. The third kappa shape index (κ3) is 5.39. The van der Waals surface area contributed by atoms with Gasteiger partial charge in [0.1, 0.15) is 0 Å². The third-order valence-electron chi connectivity index (χ3n) is 2.58. The van der Waals surface area contributed by atoms with Gasteiger partial charge in [-0.15, -0.1) is 24.8 Å². The van der Waals surface area contributed by atoms with Crippen LogP contribution in [0.5, 0.6) is 0 Å². The molecular formula is C10H18Cl2N4O. The van der Waals surface area contributed by atoms with Crippen molar-refractivity contribution in [3.63, 3.8) is 0 Å². The summed E-state index contributed by atoms with van der Waals surface area (Å²) in [7, 11) is 0. The Morgan fingerprint density at radius 1 is 1.53 bits per heavy atom. The van der Waals surface area contributed by atoms with E-state index < -0.39 is 0 Å². The zero-order valence-electron chi connectivity index (χ0n) is 9.46. The maximum Gasteiger partial charge on any atom is 0.222 e. The molecule has 0 saturated carbocycles. The lowest BCUT2D eigenvalue weighted by Gasteiger charge is -2.11. The average Bonchev–Trinajstić information content (AvgIpc) is 2.86. The molecule has 1 saturated heterocycles. The molecule has 98 valence electrons. The van der Waals surface area contributed by atoms with Crippen LogP contribution in [0.1, 0.15) is 12.8 Å². The highest BCUT2D eigenvalue weighted by molar-refractivity contribution is 5.85. The van der Waals surface area contributed by atoms with Crippen molar-refractivity contribution in [1.29, 1.82) is 0 Å². The van der Waals surface area contributed by atoms with Crippen molar-refractivity contribution < 1.29 is 4.79 Å². The fourth-order valence-electron chi connectivity index (χ4n) is 1.73. The van der Waals surface area contributed by atoms with E-state index in [9.17, 15) is 4.79 Å². The van der Waals surface area contributed by atoms with Gasteiger partial charge in [-0.3, -0.25) is 4.79 Å². The molecule has 0 bridgehead atoms. The maximum atomic E-state index is 11.5. The number of amides is 1. The largest absolute Gasteiger partial charge is 0.352 e. The zero-order chi connectivity index (χ0) is 10.5. The summed E-state index contributed by atoms with van der Waals surface area (Å²) in [5.41, 5.74) is 0. The van der Waals surface area contributed by atoms with Gasteiger partial charge in [-0.1, -0.05) is 0 Å². The molecule has 1 unspecified atom stereocenters. The van der Waals surface area contributed by atoms with Crippen molar-refractivity contribution >= 4 is 30.7 Å². The fraction of sp³-hybridized carbons (Fsp3) is 0.600. The van der Waals surface area contributed by atoms with Crippen LogP contribution in [0.3, 0.4) is 0 Å². The lowest BCUT2D eigenvalue weighted by Crippen LogP contribution is -2.36. The number of hydrogen-bond acceptors (Lipinski definition) is 3. The van der Waals surface area contributed by atoms with Crippen LogP contribution in [0.25, 0.3) is 0 Å². The Morgan fingerprint density at radius 3 is 2.94 bits per heavy atom. The van der Waals surface area contributed by atoms with Crippen molar-refractivity contribution in [2.24, 2.45) is 0 Å². The van der Waals surface area contributed by atoms with E-state index in [0.717, 1.165) is 19.5 Å². The molecule has 5 nitrogen and oxygen atoms in total. The number of nitrogens with zero attached hydrogens (tertiary/aromatic N) is 2. The van der Waals surface area contributed by atoms with Crippen molar-refractivity contribution in [1.82, 2.24) is 20.2 Å². The first-order valence-corrected chi connectivity index (χ1v) is 5.30. The Bertz CT molecular complexity index is 312. The first-order chi connectivity index (χ1) is 7.34. The number of carbonyl (C=O) groups excluding carboxylic acids is 1. The summed E-state index contributed by atoms with van der Waals surface area (Å²) < 4.78 is 1.91. The first-order valence-electron chi connectivity index (χ1n) is 5.30. The number of nitrogens with one attached hydrogen (secondary N) is 2. The highest BCUT2D eigenvalue weighted by Crippen LogP contribution is 1.98. The highest BCUT2D eigenvalue weighted by Gasteiger charge is 2.15. The van der Waals surface area contributed by atoms with Crippen LogP contribution in [0.4, 0.5) is 0 Å². The summed E-state index contributed by atoms with van der Waals surface area (Å²) >= 11 is 0. The normalized spacial score (nSPS) is 18.0. The topological polar surface area (TPSA) is 59.0 Å². The number of aromatic nitrogens is 2. The SMILES string of the molecule is Cl.Cl.O=C(CCn1ccnc1)NC1CCNC1. The van der Waals surface area contributed by atoms with E-state index in [4.69, 9.17) is 0 Å². The van der Waals surface area contributed by atoms with Crippen LogP contribution in [0.2, 0.25) is 0 Å². The minimum absolute atomic E-state index is 0. The molecule has 2 rings (SSSR count). The molecule has 7 heteroatoms. The van der Waals surface area contributed by atoms with E-state index in [2.05, 4.69) is 15.6 Å². The highest BCUT2D eigenvalue weighted by atomic mass is 35.5. The summed E-state index contributed by atoms with van der Waals surface area (Å²) in [6.07, 6.45) is 6.87. The number of carbonyl (C=O) groups is 1. The molecule has 0 aromatic carbocycles. The second-order valence-electron chi connectivity index (χ2n) is 3.81. The van der Waals surface area contributed by atoms with Gasteiger partial charge in [-0.2, -0.15) is 0 Å². The number of rotatable bonds is 4. The molecule has 1 amide bonds. The second kappa shape index (κ2) is 8.33. The van der Waals surface area contributed by atoms with E-state index in [1.54, 1.807) is 12.5 Å². The van der Waals surface area contributed by atoms with E-state index in [1.165, 1.54) is 0 Å².